The maximum Gasteiger partial charge on any atom is 0.433 e. The molecule has 0 aliphatic carbocycles. The van der Waals surface area contributed by atoms with Crippen molar-refractivity contribution in [3.8, 4) is 5.75 Å². The summed E-state index contributed by atoms with van der Waals surface area (Å²) in [6.45, 7) is 0. The summed E-state index contributed by atoms with van der Waals surface area (Å²) in [5.41, 5.74) is -0.299. The Hall–Kier alpha value is -3.36. The molecule has 1 aromatic carbocycles. The van der Waals surface area contributed by atoms with Crippen LogP contribution in [0.25, 0.3) is 0 Å². The third kappa shape index (κ3) is 2.97. The van der Waals surface area contributed by atoms with Gasteiger partial charge in [0, 0.05) is 5.69 Å². The van der Waals surface area contributed by atoms with Gasteiger partial charge in [-0.05, 0) is 24.3 Å². The Labute approximate surface area is 116 Å². The van der Waals surface area contributed by atoms with E-state index in [0.717, 1.165) is 24.3 Å². The van der Waals surface area contributed by atoms with Gasteiger partial charge in [0.25, 0.3) is 5.91 Å². The van der Waals surface area contributed by atoms with Crippen LogP contribution < -0.4 is 5.32 Å². The van der Waals surface area contributed by atoms with Crippen LogP contribution in [0.4, 0.5) is 11.6 Å². The second kappa shape index (κ2) is 5.33. The third-order valence-corrected chi connectivity index (χ3v) is 2.48. The number of carbonyl (C=O) groups excluding carboxylic acids is 1. The zero-order chi connectivity index (χ0) is 15.6. The lowest BCUT2D eigenvalue weighted by atomic mass is 10.2. The Bertz CT molecular complexity index is 735. The molecule has 0 saturated carbocycles. The van der Waals surface area contributed by atoms with Crippen LogP contribution >= 0.6 is 0 Å². The summed E-state index contributed by atoms with van der Waals surface area (Å²) in [6.07, 6.45) is 0. The summed E-state index contributed by atoms with van der Waals surface area (Å²) >= 11 is 0. The van der Waals surface area contributed by atoms with Crippen LogP contribution in [0.1, 0.15) is 20.9 Å². The highest BCUT2D eigenvalue weighted by Crippen LogP contribution is 2.22. The molecule has 0 radical (unpaired) electrons. The maximum absolute atomic E-state index is 11.8. The molecule has 21 heavy (non-hydrogen) atoms. The Morgan fingerprint density at radius 3 is 2.52 bits per heavy atom. The molecular formula is C12H8N2O7. The van der Waals surface area contributed by atoms with Crippen molar-refractivity contribution in [2.24, 2.45) is 0 Å². The summed E-state index contributed by atoms with van der Waals surface area (Å²) in [5, 5.41) is 30.9. The van der Waals surface area contributed by atoms with E-state index in [1.165, 1.54) is 6.07 Å². The zero-order valence-corrected chi connectivity index (χ0v) is 10.3. The minimum atomic E-state index is -1.36. The number of nitrogens with zero attached hydrogens (tertiary/aromatic N) is 1. The largest absolute Gasteiger partial charge is 0.507 e. The van der Waals surface area contributed by atoms with E-state index in [1.807, 2.05) is 0 Å². The van der Waals surface area contributed by atoms with Gasteiger partial charge in [-0.3, -0.25) is 14.9 Å². The molecule has 0 spiro atoms. The van der Waals surface area contributed by atoms with E-state index in [1.54, 1.807) is 0 Å². The lowest BCUT2D eigenvalue weighted by molar-refractivity contribution is -0.402. The number of rotatable bonds is 4. The monoisotopic (exact) mass is 292 g/mol. The number of nitrogens with one attached hydrogen (secondary N) is 1. The molecule has 3 N–H and O–H groups in total. The summed E-state index contributed by atoms with van der Waals surface area (Å²) in [6, 6.07) is 5.56. The van der Waals surface area contributed by atoms with Gasteiger partial charge in [0.15, 0.2) is 5.76 Å². The number of carboxylic acids is 1. The number of nitro groups is 1. The average molecular weight is 292 g/mol. The quantitative estimate of drug-likeness (QED) is 0.443. The number of aromatic hydroxyl groups is 1. The van der Waals surface area contributed by atoms with Gasteiger partial charge in [-0.25, -0.2) is 4.79 Å². The molecule has 0 bridgehead atoms. The molecule has 0 atom stereocenters. The van der Waals surface area contributed by atoms with Crippen molar-refractivity contribution >= 4 is 23.4 Å². The van der Waals surface area contributed by atoms with Crippen molar-refractivity contribution in [1.29, 1.82) is 0 Å². The van der Waals surface area contributed by atoms with Crippen molar-refractivity contribution in [2.75, 3.05) is 5.32 Å². The summed E-state index contributed by atoms with van der Waals surface area (Å²) in [7, 11) is 0. The summed E-state index contributed by atoms with van der Waals surface area (Å²) < 4.78 is 4.70. The number of hydrogen-bond acceptors (Lipinski definition) is 6. The van der Waals surface area contributed by atoms with Crippen molar-refractivity contribution < 1.29 is 29.1 Å². The van der Waals surface area contributed by atoms with E-state index in [4.69, 9.17) is 9.52 Å². The highest BCUT2D eigenvalue weighted by molar-refractivity contribution is 6.03. The molecule has 1 aromatic heterocycles. The van der Waals surface area contributed by atoms with Crippen LogP contribution in [0.2, 0.25) is 0 Å². The summed E-state index contributed by atoms with van der Waals surface area (Å²) in [5.74, 6) is -3.49. The molecule has 0 unspecified atom stereocenters. The first-order valence-corrected chi connectivity index (χ1v) is 5.50. The molecule has 108 valence electrons. The van der Waals surface area contributed by atoms with E-state index < -0.39 is 34.0 Å². The van der Waals surface area contributed by atoms with Gasteiger partial charge in [-0.1, -0.05) is 0 Å². The first kappa shape index (κ1) is 14.1. The van der Waals surface area contributed by atoms with Gasteiger partial charge in [0.1, 0.15) is 16.2 Å². The highest BCUT2D eigenvalue weighted by Gasteiger charge is 2.18. The van der Waals surface area contributed by atoms with Crippen molar-refractivity contribution in [2.45, 2.75) is 0 Å². The van der Waals surface area contributed by atoms with Crippen molar-refractivity contribution in [1.82, 2.24) is 0 Å². The zero-order valence-electron chi connectivity index (χ0n) is 10.3. The minimum Gasteiger partial charge on any atom is -0.507 e. The number of furan rings is 1. The fraction of sp³-hybridized carbons (Fsp3) is 0. The number of anilines is 1. The fourth-order valence-electron chi connectivity index (χ4n) is 1.53. The van der Waals surface area contributed by atoms with E-state index in [-0.39, 0.29) is 11.4 Å². The van der Waals surface area contributed by atoms with Gasteiger partial charge >= 0.3 is 11.9 Å². The first-order valence-electron chi connectivity index (χ1n) is 5.50. The van der Waals surface area contributed by atoms with Gasteiger partial charge < -0.3 is 19.9 Å². The number of amides is 1. The molecule has 1 amide bonds. The van der Waals surface area contributed by atoms with Gasteiger partial charge in [0.2, 0.25) is 0 Å². The second-order valence-electron chi connectivity index (χ2n) is 3.89. The lowest BCUT2D eigenvalue weighted by Crippen LogP contribution is -2.11. The molecule has 1 heterocycles. The van der Waals surface area contributed by atoms with E-state index >= 15 is 0 Å². The Kier molecular flexibility index (Phi) is 3.57. The normalized spacial score (nSPS) is 10.1. The molecular weight excluding hydrogens is 284 g/mol. The molecule has 9 nitrogen and oxygen atoms in total. The summed E-state index contributed by atoms with van der Waals surface area (Å²) in [4.78, 5) is 32.3. The average Bonchev–Trinajstić information content (AvgIpc) is 2.90. The van der Waals surface area contributed by atoms with Gasteiger partial charge in [-0.2, -0.15) is 0 Å². The number of benzene rings is 1. The molecule has 2 rings (SSSR count). The standard InChI is InChI=1S/C12H8N2O7/c15-8-2-1-6(5-7(8)12(17)18)13-11(16)9-3-4-10(21-9)14(19)20/h1-5,15H,(H,13,16)(H,17,18). The predicted octanol–water partition coefficient (Wildman–Crippen LogP) is 1.84. The number of phenols is 1. The van der Waals surface area contributed by atoms with Crippen LogP contribution in [-0.4, -0.2) is 27.0 Å². The smallest absolute Gasteiger partial charge is 0.433 e. The molecule has 2 aromatic rings. The lowest BCUT2D eigenvalue weighted by Gasteiger charge is -2.05. The van der Waals surface area contributed by atoms with Gasteiger partial charge in [-0.15, -0.1) is 0 Å². The number of aromatic carboxylic acids is 1. The van der Waals surface area contributed by atoms with E-state index in [9.17, 15) is 24.8 Å². The van der Waals surface area contributed by atoms with Crippen LogP contribution in [0.5, 0.6) is 5.75 Å². The predicted molar refractivity (Wildman–Crippen MR) is 68.4 cm³/mol. The number of carbonyl (C=O) groups is 2. The SMILES string of the molecule is O=C(Nc1ccc(O)c(C(=O)O)c1)c1ccc([N+](=O)[O-])o1. The molecule has 0 fully saturated rings. The Morgan fingerprint density at radius 2 is 1.95 bits per heavy atom. The van der Waals surface area contributed by atoms with Gasteiger partial charge in [0.05, 0.1) is 6.07 Å². The third-order valence-electron chi connectivity index (χ3n) is 2.48. The topological polar surface area (TPSA) is 143 Å². The van der Waals surface area contributed by atoms with Crippen molar-refractivity contribution in [3.63, 3.8) is 0 Å². The maximum atomic E-state index is 11.8. The highest BCUT2D eigenvalue weighted by atomic mass is 16.6. The molecule has 0 aliphatic rings. The second-order valence-corrected chi connectivity index (χ2v) is 3.89. The van der Waals surface area contributed by atoms with E-state index in [2.05, 4.69) is 5.32 Å². The van der Waals surface area contributed by atoms with Crippen LogP contribution in [0.3, 0.4) is 0 Å². The Balaban J connectivity index is 2.21. The molecule has 9 heteroatoms. The van der Waals surface area contributed by atoms with E-state index in [0.29, 0.717) is 0 Å². The number of hydrogen-bond donors (Lipinski definition) is 3. The number of carboxylic acid groups (broad SMARTS) is 1. The minimum absolute atomic E-state index is 0.0919. The van der Waals surface area contributed by atoms with Crippen LogP contribution in [0, 0.1) is 10.1 Å². The van der Waals surface area contributed by atoms with Crippen LogP contribution in [0.15, 0.2) is 34.7 Å². The first-order chi connectivity index (χ1) is 9.88. The molecule has 0 aliphatic heterocycles. The fourth-order valence-corrected chi connectivity index (χ4v) is 1.53. The molecule has 0 saturated heterocycles. The van der Waals surface area contributed by atoms with Crippen LogP contribution in [-0.2, 0) is 0 Å². The Morgan fingerprint density at radius 1 is 1.24 bits per heavy atom. The van der Waals surface area contributed by atoms with Crippen molar-refractivity contribution in [3.05, 3.63) is 51.8 Å².